The Labute approximate surface area is 191 Å². The van der Waals surface area contributed by atoms with Gasteiger partial charge in [-0.15, -0.1) is 0 Å². The normalized spacial score (nSPS) is 18.0. The second-order valence-corrected chi connectivity index (χ2v) is 8.42. The van der Waals surface area contributed by atoms with E-state index in [-0.39, 0.29) is 11.9 Å². The van der Waals surface area contributed by atoms with Gasteiger partial charge in [0.15, 0.2) is 0 Å². The molecule has 0 aromatic heterocycles. The first-order chi connectivity index (χ1) is 16.1. The van der Waals surface area contributed by atoms with Gasteiger partial charge in [-0.3, -0.25) is 14.5 Å². The number of nitrogens with zero attached hydrogens (tertiary/aromatic N) is 1. The standard InChI is InChI=1S/C29H21NO3/c1-18(31)33-28-27(20-10-3-2-4-11-20)30(29(28)32)26-17-25-21-12-6-5-9-19(21)15-16-23(25)22-13-7-8-14-24(22)26/h2-17,27-28H,1H3/t27-,28?/m0/s1. The van der Waals surface area contributed by atoms with E-state index in [1.807, 2.05) is 60.7 Å². The quantitative estimate of drug-likeness (QED) is 0.195. The summed E-state index contributed by atoms with van der Waals surface area (Å²) in [6.45, 7) is 1.34. The molecule has 1 heterocycles. The summed E-state index contributed by atoms with van der Waals surface area (Å²) in [4.78, 5) is 26.9. The molecule has 0 saturated carbocycles. The van der Waals surface area contributed by atoms with E-state index in [9.17, 15) is 9.59 Å². The molecule has 1 unspecified atom stereocenters. The van der Waals surface area contributed by atoms with Crippen LogP contribution in [0.15, 0.2) is 97.1 Å². The van der Waals surface area contributed by atoms with Crippen LogP contribution in [-0.4, -0.2) is 18.0 Å². The summed E-state index contributed by atoms with van der Waals surface area (Å²) < 4.78 is 5.46. The van der Waals surface area contributed by atoms with E-state index >= 15 is 0 Å². The molecule has 1 saturated heterocycles. The van der Waals surface area contributed by atoms with E-state index in [1.54, 1.807) is 4.90 Å². The highest BCUT2D eigenvalue weighted by molar-refractivity contribution is 6.23. The van der Waals surface area contributed by atoms with Gasteiger partial charge in [-0.25, -0.2) is 0 Å². The second-order valence-electron chi connectivity index (χ2n) is 8.42. The highest BCUT2D eigenvalue weighted by atomic mass is 16.6. The van der Waals surface area contributed by atoms with Crippen LogP contribution in [0.25, 0.3) is 32.3 Å². The number of carbonyl (C=O) groups excluding carboxylic acids is 2. The van der Waals surface area contributed by atoms with Crippen molar-refractivity contribution in [1.29, 1.82) is 0 Å². The van der Waals surface area contributed by atoms with Gasteiger partial charge in [0, 0.05) is 12.3 Å². The lowest BCUT2D eigenvalue weighted by Gasteiger charge is -2.46. The Kier molecular flexibility index (Phi) is 4.40. The van der Waals surface area contributed by atoms with Gasteiger partial charge < -0.3 is 4.74 Å². The zero-order valence-electron chi connectivity index (χ0n) is 18.1. The predicted octanol–water partition coefficient (Wildman–Crippen LogP) is 6.17. The number of hydrogen-bond donors (Lipinski definition) is 0. The van der Waals surface area contributed by atoms with Gasteiger partial charge in [-0.2, -0.15) is 0 Å². The fourth-order valence-electron chi connectivity index (χ4n) is 5.04. The predicted molar refractivity (Wildman–Crippen MR) is 131 cm³/mol. The minimum Gasteiger partial charge on any atom is -0.450 e. The first-order valence-electron chi connectivity index (χ1n) is 11.0. The lowest BCUT2D eigenvalue weighted by Crippen LogP contribution is -2.60. The average molecular weight is 431 g/mol. The lowest BCUT2D eigenvalue weighted by atomic mass is 9.87. The molecule has 0 bridgehead atoms. The van der Waals surface area contributed by atoms with Gasteiger partial charge in [0.25, 0.3) is 5.91 Å². The van der Waals surface area contributed by atoms with Crippen molar-refractivity contribution in [2.45, 2.75) is 19.1 Å². The smallest absolute Gasteiger partial charge is 0.303 e. The molecule has 0 aliphatic carbocycles. The minimum absolute atomic E-state index is 0.205. The topological polar surface area (TPSA) is 46.6 Å². The van der Waals surface area contributed by atoms with Crippen molar-refractivity contribution < 1.29 is 14.3 Å². The van der Waals surface area contributed by atoms with Gasteiger partial charge in [0.2, 0.25) is 6.10 Å². The first-order valence-corrected chi connectivity index (χ1v) is 11.0. The number of β-lactam (4-membered cyclic amide) rings is 1. The number of carbonyl (C=O) groups is 2. The summed E-state index contributed by atoms with van der Waals surface area (Å²) in [6.07, 6.45) is -0.827. The molecule has 2 atom stereocenters. The third kappa shape index (κ3) is 2.99. The van der Waals surface area contributed by atoms with Gasteiger partial charge >= 0.3 is 5.97 Å². The fourth-order valence-corrected chi connectivity index (χ4v) is 5.04. The highest BCUT2D eigenvalue weighted by Crippen LogP contribution is 2.46. The lowest BCUT2D eigenvalue weighted by molar-refractivity contribution is -0.160. The van der Waals surface area contributed by atoms with Gasteiger partial charge in [-0.05, 0) is 38.6 Å². The monoisotopic (exact) mass is 431 g/mol. The fraction of sp³-hybridized carbons (Fsp3) is 0.103. The maximum absolute atomic E-state index is 13.4. The van der Waals surface area contributed by atoms with Crippen molar-refractivity contribution >= 4 is 49.9 Å². The third-order valence-electron chi connectivity index (χ3n) is 6.48. The molecule has 5 aromatic carbocycles. The van der Waals surface area contributed by atoms with Crippen LogP contribution in [0, 0.1) is 0 Å². The molecular weight excluding hydrogens is 410 g/mol. The van der Waals surface area contributed by atoms with Gasteiger partial charge in [0.05, 0.1) is 5.69 Å². The van der Waals surface area contributed by atoms with Gasteiger partial charge in [-0.1, -0.05) is 91.0 Å². The summed E-state index contributed by atoms with van der Waals surface area (Å²) in [5, 5.41) is 6.62. The summed E-state index contributed by atoms with van der Waals surface area (Å²) in [5.41, 5.74) is 1.77. The molecule has 33 heavy (non-hydrogen) atoms. The van der Waals surface area contributed by atoms with Crippen molar-refractivity contribution in [3.8, 4) is 0 Å². The van der Waals surface area contributed by atoms with Crippen molar-refractivity contribution in [1.82, 2.24) is 0 Å². The van der Waals surface area contributed by atoms with Crippen LogP contribution < -0.4 is 4.90 Å². The molecule has 5 aromatic rings. The number of amides is 1. The zero-order valence-corrected chi connectivity index (χ0v) is 18.1. The molecule has 0 N–H and O–H groups in total. The molecule has 1 amide bonds. The molecular formula is C29H21NO3. The number of benzene rings is 5. The summed E-state index contributed by atoms with van der Waals surface area (Å²) in [6, 6.07) is 32.2. The third-order valence-corrected chi connectivity index (χ3v) is 6.48. The van der Waals surface area contributed by atoms with Crippen LogP contribution in [0.4, 0.5) is 5.69 Å². The van der Waals surface area contributed by atoms with E-state index in [0.717, 1.165) is 43.6 Å². The maximum atomic E-state index is 13.4. The molecule has 4 heteroatoms. The Bertz CT molecular complexity index is 1560. The number of esters is 1. The van der Waals surface area contributed by atoms with Gasteiger partial charge in [0.1, 0.15) is 6.04 Å². The number of rotatable bonds is 3. The van der Waals surface area contributed by atoms with Crippen molar-refractivity contribution in [3.63, 3.8) is 0 Å². The Morgan fingerprint density at radius 2 is 1.36 bits per heavy atom. The van der Waals surface area contributed by atoms with Crippen LogP contribution >= 0.6 is 0 Å². The summed E-state index contributed by atoms with van der Waals surface area (Å²) in [5.74, 6) is -0.660. The van der Waals surface area contributed by atoms with Crippen molar-refractivity contribution in [2.24, 2.45) is 0 Å². The molecule has 1 aliphatic rings. The number of ether oxygens (including phenoxy) is 1. The highest BCUT2D eigenvalue weighted by Gasteiger charge is 2.51. The van der Waals surface area contributed by atoms with Crippen LogP contribution in [-0.2, 0) is 14.3 Å². The Morgan fingerprint density at radius 3 is 2.12 bits per heavy atom. The number of anilines is 1. The van der Waals surface area contributed by atoms with E-state index in [4.69, 9.17) is 4.74 Å². The molecule has 6 rings (SSSR count). The van der Waals surface area contributed by atoms with Crippen LogP contribution in [0.3, 0.4) is 0 Å². The molecule has 0 spiro atoms. The minimum atomic E-state index is -0.827. The largest absolute Gasteiger partial charge is 0.450 e. The maximum Gasteiger partial charge on any atom is 0.303 e. The summed E-state index contributed by atoms with van der Waals surface area (Å²) >= 11 is 0. The molecule has 1 fully saturated rings. The van der Waals surface area contributed by atoms with Crippen LogP contribution in [0.2, 0.25) is 0 Å². The Balaban J connectivity index is 1.63. The molecule has 0 radical (unpaired) electrons. The number of hydrogen-bond acceptors (Lipinski definition) is 3. The Hall–Kier alpha value is -4.18. The van der Waals surface area contributed by atoms with Crippen LogP contribution in [0.1, 0.15) is 18.5 Å². The van der Waals surface area contributed by atoms with Crippen LogP contribution in [0.5, 0.6) is 0 Å². The molecule has 1 aliphatic heterocycles. The average Bonchev–Trinajstić information content (AvgIpc) is 2.85. The number of fused-ring (bicyclic) bond motifs is 5. The molecule has 160 valence electrons. The zero-order chi connectivity index (χ0) is 22.5. The SMILES string of the molecule is CC(=O)OC1C(=O)N(c2cc3c4ccccc4ccc3c3ccccc23)[C@H]1c1ccccc1. The van der Waals surface area contributed by atoms with E-state index in [1.165, 1.54) is 6.92 Å². The Morgan fingerprint density at radius 1 is 0.727 bits per heavy atom. The summed E-state index contributed by atoms with van der Waals surface area (Å²) in [7, 11) is 0. The van der Waals surface area contributed by atoms with Crippen molar-refractivity contribution in [3.05, 3.63) is 103 Å². The van der Waals surface area contributed by atoms with E-state index in [2.05, 4.69) is 36.4 Å². The van der Waals surface area contributed by atoms with Crippen molar-refractivity contribution in [2.75, 3.05) is 4.90 Å². The first kappa shape index (κ1) is 19.5. The molecule has 4 nitrogen and oxygen atoms in total. The second kappa shape index (κ2) is 7.45. The van der Waals surface area contributed by atoms with E-state index in [0.29, 0.717) is 0 Å². The van der Waals surface area contributed by atoms with E-state index < -0.39 is 12.1 Å².